The van der Waals surface area contributed by atoms with Gasteiger partial charge in [0.15, 0.2) is 5.69 Å². The Labute approximate surface area is 213 Å². The number of nitrogens with zero attached hydrogens (tertiary/aromatic N) is 2. The second-order valence-corrected chi connectivity index (χ2v) is 11.1. The van der Waals surface area contributed by atoms with Crippen molar-refractivity contribution in [1.82, 2.24) is 0 Å². The number of fused-ring (bicyclic) bond motifs is 3. The van der Waals surface area contributed by atoms with Crippen LogP contribution in [0.1, 0.15) is 48.7 Å². The number of pyridine rings is 1. The van der Waals surface area contributed by atoms with E-state index in [4.69, 9.17) is 4.42 Å². The lowest BCUT2D eigenvalue weighted by Gasteiger charge is -2.20. The van der Waals surface area contributed by atoms with Crippen LogP contribution in [0.25, 0.3) is 44.3 Å². The molecule has 5 aromatic rings. The SMILES string of the molecule is Cc1ccc2c(oc3c(-c4ccccc4)ccc(C#N)c32)c1-c1cc(CC(C)(C)C)c(C)c(C)[n+]1C. The Hall–Kier alpha value is -3.90. The highest BCUT2D eigenvalue weighted by Crippen LogP contribution is 2.42. The zero-order valence-electron chi connectivity index (χ0n) is 22.3. The van der Waals surface area contributed by atoms with E-state index >= 15 is 0 Å². The second kappa shape index (κ2) is 8.64. The Balaban J connectivity index is 1.88. The van der Waals surface area contributed by atoms with Crippen molar-refractivity contribution in [2.75, 3.05) is 0 Å². The summed E-state index contributed by atoms with van der Waals surface area (Å²) in [6.45, 7) is 13.4. The molecule has 5 rings (SSSR count). The highest BCUT2D eigenvalue weighted by atomic mass is 16.3. The molecule has 2 heterocycles. The van der Waals surface area contributed by atoms with E-state index in [-0.39, 0.29) is 5.41 Å². The smallest absolute Gasteiger partial charge is 0.216 e. The van der Waals surface area contributed by atoms with Gasteiger partial charge in [0.1, 0.15) is 18.2 Å². The molecule has 0 saturated heterocycles. The minimum Gasteiger partial charge on any atom is -0.454 e. The molecule has 3 aromatic carbocycles. The average molecular weight is 474 g/mol. The third-order valence-electron chi connectivity index (χ3n) is 7.38. The molecule has 0 atom stereocenters. The first-order valence-electron chi connectivity index (χ1n) is 12.5. The predicted octanol–water partition coefficient (Wildman–Crippen LogP) is 8.13. The molecule has 3 heteroatoms. The van der Waals surface area contributed by atoms with Gasteiger partial charge in [-0.3, -0.25) is 0 Å². The summed E-state index contributed by atoms with van der Waals surface area (Å²) < 4.78 is 9.03. The predicted molar refractivity (Wildman–Crippen MR) is 148 cm³/mol. The summed E-state index contributed by atoms with van der Waals surface area (Å²) in [5, 5.41) is 11.8. The molecule has 0 amide bonds. The summed E-state index contributed by atoms with van der Waals surface area (Å²) in [4.78, 5) is 0. The molecule has 36 heavy (non-hydrogen) atoms. The van der Waals surface area contributed by atoms with Crippen LogP contribution in [-0.4, -0.2) is 0 Å². The maximum atomic E-state index is 9.98. The Morgan fingerprint density at radius 2 is 1.64 bits per heavy atom. The van der Waals surface area contributed by atoms with Crippen LogP contribution in [0, 0.1) is 37.5 Å². The molecule has 3 nitrogen and oxygen atoms in total. The van der Waals surface area contributed by atoms with E-state index in [1.807, 2.05) is 30.3 Å². The number of aryl methyl sites for hydroxylation is 1. The minimum atomic E-state index is 0.182. The first-order valence-corrected chi connectivity index (χ1v) is 12.5. The van der Waals surface area contributed by atoms with Crippen LogP contribution in [0.15, 0.2) is 65.1 Å². The molecule has 0 aliphatic heterocycles. The molecule has 0 aliphatic carbocycles. The van der Waals surface area contributed by atoms with E-state index in [1.54, 1.807) is 0 Å². The lowest BCUT2D eigenvalue weighted by atomic mass is 9.85. The van der Waals surface area contributed by atoms with E-state index < -0.39 is 0 Å². The first kappa shape index (κ1) is 23.8. The maximum absolute atomic E-state index is 9.98. The number of hydrogen-bond acceptors (Lipinski definition) is 2. The molecule has 0 bridgehead atoms. The fourth-order valence-corrected chi connectivity index (χ4v) is 5.33. The van der Waals surface area contributed by atoms with Crippen LogP contribution in [0.5, 0.6) is 0 Å². The third-order valence-corrected chi connectivity index (χ3v) is 7.38. The lowest BCUT2D eigenvalue weighted by Crippen LogP contribution is -2.36. The quantitative estimate of drug-likeness (QED) is 0.248. The van der Waals surface area contributed by atoms with Crippen molar-refractivity contribution in [3.8, 4) is 28.5 Å². The molecular weight excluding hydrogens is 440 g/mol. The Morgan fingerprint density at radius 3 is 2.31 bits per heavy atom. The number of aromatic nitrogens is 1. The maximum Gasteiger partial charge on any atom is 0.216 e. The zero-order chi connectivity index (χ0) is 25.8. The van der Waals surface area contributed by atoms with Crippen LogP contribution in [0.2, 0.25) is 0 Å². The standard InChI is InChI=1S/C33H33N2O/c1-20-13-15-27-30-24(19-34)14-16-26(23-11-9-8-10-12-23)31(30)36-32(27)29(20)28-17-25(18-33(4,5)6)21(2)22(3)35(28)7/h8-17H,18H2,1-7H3/q+1. The van der Waals surface area contributed by atoms with Crippen molar-refractivity contribution in [1.29, 1.82) is 5.26 Å². The van der Waals surface area contributed by atoms with Crippen molar-refractivity contribution in [3.05, 3.63) is 88.6 Å². The van der Waals surface area contributed by atoms with E-state index in [0.29, 0.717) is 5.56 Å². The first-order chi connectivity index (χ1) is 17.1. The molecule has 180 valence electrons. The van der Waals surface area contributed by atoms with Crippen LogP contribution >= 0.6 is 0 Å². The van der Waals surface area contributed by atoms with Crippen molar-refractivity contribution >= 4 is 21.9 Å². The molecule has 0 spiro atoms. The van der Waals surface area contributed by atoms with Gasteiger partial charge >= 0.3 is 0 Å². The summed E-state index contributed by atoms with van der Waals surface area (Å²) in [5.41, 5.74) is 11.8. The Bertz CT molecular complexity index is 1680. The van der Waals surface area contributed by atoms with Gasteiger partial charge in [-0.25, -0.2) is 0 Å². The van der Waals surface area contributed by atoms with E-state index in [9.17, 15) is 5.26 Å². The number of nitriles is 1. The monoisotopic (exact) mass is 473 g/mol. The molecule has 0 unspecified atom stereocenters. The van der Waals surface area contributed by atoms with Crippen LogP contribution in [-0.2, 0) is 13.5 Å². The number of hydrogen-bond donors (Lipinski definition) is 0. The largest absolute Gasteiger partial charge is 0.454 e. The number of rotatable bonds is 3. The topological polar surface area (TPSA) is 40.8 Å². The lowest BCUT2D eigenvalue weighted by molar-refractivity contribution is -0.667. The summed E-state index contributed by atoms with van der Waals surface area (Å²) in [6, 6.07) is 23.2. The van der Waals surface area contributed by atoms with Gasteiger partial charge in [-0.2, -0.15) is 9.83 Å². The van der Waals surface area contributed by atoms with Crippen molar-refractivity contribution < 1.29 is 8.98 Å². The molecule has 0 saturated carbocycles. The highest BCUT2D eigenvalue weighted by molar-refractivity contribution is 6.15. The molecule has 2 aromatic heterocycles. The van der Waals surface area contributed by atoms with Crippen LogP contribution in [0.3, 0.4) is 0 Å². The van der Waals surface area contributed by atoms with Gasteiger partial charge in [-0.1, -0.05) is 63.2 Å². The van der Waals surface area contributed by atoms with Crippen LogP contribution in [0.4, 0.5) is 0 Å². The Morgan fingerprint density at radius 1 is 0.917 bits per heavy atom. The second-order valence-electron chi connectivity index (χ2n) is 11.1. The number of benzene rings is 3. The zero-order valence-corrected chi connectivity index (χ0v) is 22.3. The van der Waals surface area contributed by atoms with Crippen molar-refractivity contribution in [3.63, 3.8) is 0 Å². The Kier molecular flexibility index (Phi) is 5.72. The van der Waals surface area contributed by atoms with E-state index in [1.165, 1.54) is 16.8 Å². The van der Waals surface area contributed by atoms with Gasteiger partial charge in [-0.05, 0) is 54.5 Å². The molecule has 0 N–H and O–H groups in total. The minimum absolute atomic E-state index is 0.182. The van der Waals surface area contributed by atoms with Crippen molar-refractivity contribution in [2.45, 2.75) is 48.0 Å². The van der Waals surface area contributed by atoms with Gasteiger partial charge in [0.25, 0.3) is 0 Å². The number of furan rings is 1. The van der Waals surface area contributed by atoms with E-state index in [0.717, 1.165) is 56.3 Å². The fraction of sp³-hybridized carbons (Fsp3) is 0.273. The van der Waals surface area contributed by atoms with Crippen molar-refractivity contribution in [2.24, 2.45) is 12.5 Å². The average Bonchev–Trinajstić information content (AvgIpc) is 3.23. The summed E-state index contributed by atoms with van der Waals surface area (Å²) >= 11 is 0. The normalized spacial score (nSPS) is 11.8. The molecule has 0 fully saturated rings. The highest BCUT2D eigenvalue weighted by Gasteiger charge is 2.27. The van der Waals surface area contributed by atoms with Crippen LogP contribution < -0.4 is 4.57 Å². The van der Waals surface area contributed by atoms with E-state index in [2.05, 4.69) is 89.6 Å². The van der Waals surface area contributed by atoms with Gasteiger partial charge in [0, 0.05) is 34.9 Å². The summed E-state index contributed by atoms with van der Waals surface area (Å²) in [7, 11) is 2.13. The molecule has 0 aliphatic rings. The van der Waals surface area contributed by atoms with Gasteiger partial charge in [0.2, 0.25) is 5.69 Å². The summed E-state index contributed by atoms with van der Waals surface area (Å²) in [6.07, 6.45) is 0.999. The third kappa shape index (κ3) is 3.88. The molecular formula is C33H33N2O+. The molecule has 0 radical (unpaired) electrons. The fourth-order valence-electron chi connectivity index (χ4n) is 5.33. The van der Waals surface area contributed by atoms with Gasteiger partial charge < -0.3 is 4.42 Å². The van der Waals surface area contributed by atoms with Gasteiger partial charge in [0.05, 0.1) is 17.2 Å². The summed E-state index contributed by atoms with van der Waals surface area (Å²) in [5.74, 6) is 0. The van der Waals surface area contributed by atoms with Gasteiger partial charge in [-0.15, -0.1) is 0 Å².